The lowest BCUT2D eigenvalue weighted by atomic mass is 9.99. The molecule has 3 N–H and O–H groups in total. The Morgan fingerprint density at radius 2 is 1.67 bits per heavy atom. The second-order valence-electron chi connectivity index (χ2n) is 4.68. The van der Waals surface area contributed by atoms with Crippen LogP contribution in [0.3, 0.4) is 0 Å². The van der Waals surface area contributed by atoms with E-state index >= 15 is 0 Å². The lowest BCUT2D eigenvalue weighted by Gasteiger charge is -2.14. The third-order valence-corrected chi connectivity index (χ3v) is 4.30. The molecule has 18 heavy (non-hydrogen) atoms. The number of hydrogen-bond acceptors (Lipinski definition) is 3. The van der Waals surface area contributed by atoms with E-state index in [2.05, 4.69) is 18.6 Å². The second kappa shape index (κ2) is 6.31. The summed E-state index contributed by atoms with van der Waals surface area (Å²) < 4.78 is 25.1. The van der Waals surface area contributed by atoms with Crippen molar-refractivity contribution in [3.8, 4) is 0 Å². The Morgan fingerprint density at radius 3 is 2.11 bits per heavy atom. The van der Waals surface area contributed by atoms with Gasteiger partial charge in [0.05, 0.1) is 5.75 Å². The molecular weight excluding hydrogens is 248 g/mol. The molecule has 0 amide bonds. The molecule has 1 unspecified atom stereocenters. The lowest BCUT2D eigenvalue weighted by Crippen LogP contribution is -2.32. The van der Waals surface area contributed by atoms with E-state index in [1.54, 1.807) is 6.92 Å². The topological polar surface area (TPSA) is 72.2 Å². The minimum atomic E-state index is -3.17. The first kappa shape index (κ1) is 15.1. The first-order valence-corrected chi connectivity index (χ1v) is 7.83. The molecular formula is C13H22N2O2S. The van der Waals surface area contributed by atoms with E-state index in [9.17, 15) is 8.42 Å². The summed E-state index contributed by atoms with van der Waals surface area (Å²) >= 11 is 0. The number of sulfonamides is 1. The van der Waals surface area contributed by atoms with Crippen molar-refractivity contribution in [1.29, 1.82) is 0 Å². The maximum Gasteiger partial charge on any atom is 0.211 e. The predicted molar refractivity (Wildman–Crippen MR) is 74.9 cm³/mol. The minimum absolute atomic E-state index is 0.0754. The van der Waals surface area contributed by atoms with E-state index in [-0.39, 0.29) is 18.3 Å². The van der Waals surface area contributed by atoms with E-state index in [0.29, 0.717) is 5.92 Å². The second-order valence-corrected chi connectivity index (χ2v) is 6.78. The summed E-state index contributed by atoms with van der Waals surface area (Å²) in [6.45, 7) is 6.09. The Hall–Kier alpha value is -0.910. The fraction of sp³-hybridized carbons (Fsp3) is 0.538. The van der Waals surface area contributed by atoms with Gasteiger partial charge >= 0.3 is 0 Å². The van der Waals surface area contributed by atoms with E-state index in [1.165, 1.54) is 5.56 Å². The molecule has 0 saturated carbocycles. The van der Waals surface area contributed by atoms with Gasteiger partial charge in [-0.15, -0.1) is 0 Å². The van der Waals surface area contributed by atoms with Gasteiger partial charge in [0.25, 0.3) is 0 Å². The van der Waals surface area contributed by atoms with Crippen molar-refractivity contribution in [2.45, 2.75) is 32.7 Å². The average Bonchev–Trinajstić information content (AvgIpc) is 2.36. The summed E-state index contributed by atoms with van der Waals surface area (Å²) in [5, 5.41) is 0. The number of hydrogen-bond donors (Lipinski definition) is 2. The first-order valence-electron chi connectivity index (χ1n) is 6.18. The molecule has 102 valence electrons. The first-order chi connectivity index (χ1) is 8.35. The van der Waals surface area contributed by atoms with Crippen LogP contribution in [0.25, 0.3) is 0 Å². The molecule has 0 aromatic heterocycles. The highest BCUT2D eigenvalue weighted by Crippen LogP contribution is 2.17. The highest BCUT2D eigenvalue weighted by atomic mass is 32.2. The van der Waals surface area contributed by atoms with Crippen LogP contribution < -0.4 is 10.5 Å². The maximum absolute atomic E-state index is 11.3. The largest absolute Gasteiger partial charge is 0.323 e. The highest BCUT2D eigenvalue weighted by molar-refractivity contribution is 7.89. The van der Waals surface area contributed by atoms with Crippen LogP contribution in [0.4, 0.5) is 0 Å². The van der Waals surface area contributed by atoms with Gasteiger partial charge in [0.2, 0.25) is 10.0 Å². The van der Waals surface area contributed by atoms with Crippen LogP contribution in [0.2, 0.25) is 0 Å². The molecule has 0 aliphatic heterocycles. The van der Waals surface area contributed by atoms with Gasteiger partial charge in [-0.3, -0.25) is 0 Å². The zero-order chi connectivity index (χ0) is 13.8. The van der Waals surface area contributed by atoms with Crippen molar-refractivity contribution in [3.05, 3.63) is 35.4 Å². The van der Waals surface area contributed by atoms with Crippen LogP contribution in [0.1, 0.15) is 43.9 Å². The quantitative estimate of drug-likeness (QED) is 0.827. The predicted octanol–water partition coefficient (Wildman–Crippen LogP) is 1.75. The average molecular weight is 270 g/mol. The van der Waals surface area contributed by atoms with Gasteiger partial charge in [-0.1, -0.05) is 38.1 Å². The smallest absolute Gasteiger partial charge is 0.211 e. The number of nitrogens with one attached hydrogen (secondary N) is 1. The standard InChI is InChI=1S/C13H22N2O2S/c1-4-18(16,17)15-9-13(14)12-7-5-11(6-8-12)10(2)3/h5-8,10,13,15H,4,9,14H2,1-3H3. The molecule has 1 atom stereocenters. The van der Waals surface area contributed by atoms with Crippen LogP contribution in [0.5, 0.6) is 0 Å². The van der Waals surface area contributed by atoms with Crippen molar-refractivity contribution >= 4 is 10.0 Å². The Morgan fingerprint density at radius 1 is 1.17 bits per heavy atom. The fourth-order valence-electron chi connectivity index (χ4n) is 1.56. The van der Waals surface area contributed by atoms with Crippen LogP contribution in [0.15, 0.2) is 24.3 Å². The van der Waals surface area contributed by atoms with Crippen molar-refractivity contribution in [2.75, 3.05) is 12.3 Å². The van der Waals surface area contributed by atoms with E-state index < -0.39 is 10.0 Å². The molecule has 1 aromatic carbocycles. The Labute approximate surface area is 110 Å². The normalized spacial score (nSPS) is 13.8. The summed E-state index contributed by atoms with van der Waals surface area (Å²) in [7, 11) is -3.17. The van der Waals surface area contributed by atoms with Crippen LogP contribution in [0, 0.1) is 0 Å². The number of nitrogens with two attached hydrogens (primary N) is 1. The molecule has 1 rings (SSSR count). The van der Waals surface area contributed by atoms with E-state index in [0.717, 1.165) is 5.56 Å². The molecule has 0 aliphatic carbocycles. The number of rotatable bonds is 6. The summed E-state index contributed by atoms with van der Waals surface area (Å²) in [5.41, 5.74) is 8.15. The van der Waals surface area contributed by atoms with Crippen LogP contribution in [-0.4, -0.2) is 20.7 Å². The zero-order valence-electron chi connectivity index (χ0n) is 11.2. The molecule has 0 spiro atoms. The molecule has 0 aliphatic rings. The molecule has 0 radical (unpaired) electrons. The monoisotopic (exact) mass is 270 g/mol. The van der Waals surface area contributed by atoms with Gasteiger partial charge in [-0.05, 0) is 24.0 Å². The fourth-order valence-corrected chi connectivity index (χ4v) is 2.20. The molecule has 0 fully saturated rings. The van der Waals surface area contributed by atoms with Gasteiger partial charge in [-0.25, -0.2) is 13.1 Å². The van der Waals surface area contributed by atoms with E-state index in [4.69, 9.17) is 5.73 Å². The van der Waals surface area contributed by atoms with Gasteiger partial charge in [-0.2, -0.15) is 0 Å². The van der Waals surface area contributed by atoms with Gasteiger partial charge in [0.1, 0.15) is 0 Å². The summed E-state index contributed by atoms with van der Waals surface area (Å²) in [6.07, 6.45) is 0. The molecule has 4 nitrogen and oxygen atoms in total. The minimum Gasteiger partial charge on any atom is -0.323 e. The van der Waals surface area contributed by atoms with Gasteiger partial charge < -0.3 is 5.73 Å². The third-order valence-electron chi connectivity index (χ3n) is 2.93. The molecule has 1 aromatic rings. The third kappa shape index (κ3) is 4.40. The van der Waals surface area contributed by atoms with Crippen LogP contribution in [-0.2, 0) is 10.0 Å². The Kier molecular flexibility index (Phi) is 5.31. The van der Waals surface area contributed by atoms with Crippen molar-refractivity contribution < 1.29 is 8.42 Å². The van der Waals surface area contributed by atoms with Crippen molar-refractivity contribution in [1.82, 2.24) is 4.72 Å². The van der Waals surface area contributed by atoms with Crippen molar-refractivity contribution in [3.63, 3.8) is 0 Å². The molecule has 0 heterocycles. The highest BCUT2D eigenvalue weighted by Gasteiger charge is 2.11. The van der Waals surface area contributed by atoms with E-state index in [1.807, 2.05) is 24.3 Å². The lowest BCUT2D eigenvalue weighted by molar-refractivity contribution is 0.573. The van der Waals surface area contributed by atoms with Gasteiger partial charge in [0.15, 0.2) is 0 Å². The van der Waals surface area contributed by atoms with Crippen molar-refractivity contribution in [2.24, 2.45) is 5.73 Å². The maximum atomic E-state index is 11.3. The molecule has 0 saturated heterocycles. The summed E-state index contributed by atoms with van der Waals surface area (Å²) in [6, 6.07) is 7.68. The van der Waals surface area contributed by atoms with Crippen LogP contribution >= 0.6 is 0 Å². The molecule has 0 bridgehead atoms. The summed E-state index contributed by atoms with van der Waals surface area (Å²) in [4.78, 5) is 0. The van der Waals surface area contributed by atoms with Gasteiger partial charge in [0, 0.05) is 12.6 Å². The summed E-state index contributed by atoms with van der Waals surface area (Å²) in [5.74, 6) is 0.556. The number of benzene rings is 1. The zero-order valence-corrected chi connectivity index (χ0v) is 12.0. The molecule has 5 heteroatoms. The Bertz CT molecular complexity index is 466. The Balaban J connectivity index is 2.65. The SMILES string of the molecule is CCS(=O)(=O)NCC(N)c1ccc(C(C)C)cc1.